The van der Waals surface area contributed by atoms with E-state index in [0.29, 0.717) is 6.54 Å². The lowest BCUT2D eigenvalue weighted by atomic mass is 10.1. The van der Waals surface area contributed by atoms with Crippen molar-refractivity contribution < 1.29 is 19.4 Å². The molecule has 2 aromatic rings. The van der Waals surface area contributed by atoms with Crippen molar-refractivity contribution in [2.24, 2.45) is 0 Å². The summed E-state index contributed by atoms with van der Waals surface area (Å²) in [6.07, 6.45) is -0.939. The first-order valence-electron chi connectivity index (χ1n) is 7.68. The Labute approximate surface area is 141 Å². The van der Waals surface area contributed by atoms with Crippen LogP contribution < -0.4 is 0 Å². The molecule has 0 aliphatic rings. The molecule has 0 unspecified atom stereocenters. The van der Waals surface area contributed by atoms with E-state index in [0.717, 1.165) is 11.1 Å². The minimum Gasteiger partial charge on any atom is -0.507 e. The predicted octanol–water partition coefficient (Wildman–Crippen LogP) is 2.90. The van der Waals surface area contributed by atoms with Crippen LogP contribution in [0.5, 0.6) is 5.75 Å². The minimum absolute atomic E-state index is 0.0559. The van der Waals surface area contributed by atoms with Gasteiger partial charge in [-0.05, 0) is 31.5 Å². The first-order valence-corrected chi connectivity index (χ1v) is 7.68. The number of carbonyl (C=O) groups excluding carboxylic acids is 2. The van der Waals surface area contributed by atoms with Crippen molar-refractivity contribution in [3.8, 4) is 5.75 Å². The number of ether oxygens (including phenoxy) is 1. The molecule has 0 aliphatic heterocycles. The topological polar surface area (TPSA) is 66.8 Å². The van der Waals surface area contributed by atoms with Crippen LogP contribution in [0.25, 0.3) is 0 Å². The number of phenols is 1. The molecule has 1 N–H and O–H groups in total. The van der Waals surface area contributed by atoms with Gasteiger partial charge in [0.2, 0.25) is 0 Å². The van der Waals surface area contributed by atoms with Gasteiger partial charge in [-0.1, -0.05) is 42.0 Å². The lowest BCUT2D eigenvalue weighted by Crippen LogP contribution is -2.37. The number of hydrogen-bond donors (Lipinski definition) is 1. The summed E-state index contributed by atoms with van der Waals surface area (Å²) in [5.74, 6) is -1.19. The summed E-state index contributed by atoms with van der Waals surface area (Å²) in [6, 6.07) is 14.2. The van der Waals surface area contributed by atoms with E-state index in [1.165, 1.54) is 24.0 Å². The number of nitrogens with zero attached hydrogens (tertiary/aromatic N) is 1. The zero-order valence-corrected chi connectivity index (χ0v) is 14.0. The Kier molecular flexibility index (Phi) is 5.58. The van der Waals surface area contributed by atoms with Gasteiger partial charge < -0.3 is 14.7 Å². The molecule has 0 saturated carbocycles. The SMILES string of the molecule is Cc1ccc(O)c(C(=O)O[C@H](C)C(=O)N(C)Cc2ccccc2)c1. The summed E-state index contributed by atoms with van der Waals surface area (Å²) in [5.41, 5.74) is 1.86. The number of hydrogen-bond acceptors (Lipinski definition) is 4. The normalized spacial score (nSPS) is 11.6. The number of carbonyl (C=O) groups is 2. The molecule has 5 heteroatoms. The number of aryl methyl sites for hydroxylation is 1. The second-order valence-corrected chi connectivity index (χ2v) is 5.75. The standard InChI is InChI=1S/C19H21NO4/c1-13-9-10-17(21)16(11-13)19(23)24-14(2)18(22)20(3)12-15-7-5-4-6-8-15/h4-11,14,21H,12H2,1-3H3/t14-/m1/s1. The average molecular weight is 327 g/mol. The van der Waals surface area contributed by atoms with Gasteiger partial charge in [0.1, 0.15) is 11.3 Å². The highest BCUT2D eigenvalue weighted by molar-refractivity contribution is 5.94. The van der Waals surface area contributed by atoms with Gasteiger partial charge in [0, 0.05) is 13.6 Å². The summed E-state index contributed by atoms with van der Waals surface area (Å²) >= 11 is 0. The highest BCUT2D eigenvalue weighted by Gasteiger charge is 2.23. The molecule has 2 aromatic carbocycles. The summed E-state index contributed by atoms with van der Waals surface area (Å²) < 4.78 is 5.20. The van der Waals surface area contributed by atoms with Gasteiger partial charge in [-0.15, -0.1) is 0 Å². The van der Waals surface area contributed by atoms with Gasteiger partial charge in [0.15, 0.2) is 6.10 Å². The predicted molar refractivity (Wildman–Crippen MR) is 90.6 cm³/mol. The molecule has 0 bridgehead atoms. The molecule has 0 aromatic heterocycles. The van der Waals surface area contributed by atoms with Crippen molar-refractivity contribution in [1.82, 2.24) is 4.90 Å². The molecule has 24 heavy (non-hydrogen) atoms. The Morgan fingerprint density at radius 1 is 1.17 bits per heavy atom. The lowest BCUT2D eigenvalue weighted by Gasteiger charge is -2.21. The number of esters is 1. The smallest absolute Gasteiger partial charge is 0.342 e. The van der Waals surface area contributed by atoms with Gasteiger partial charge in [-0.25, -0.2) is 4.79 Å². The summed E-state index contributed by atoms with van der Waals surface area (Å²) in [7, 11) is 1.66. The maximum atomic E-state index is 12.4. The van der Waals surface area contributed by atoms with Crippen LogP contribution >= 0.6 is 0 Å². The van der Waals surface area contributed by atoms with E-state index < -0.39 is 12.1 Å². The second kappa shape index (κ2) is 7.64. The lowest BCUT2D eigenvalue weighted by molar-refractivity contribution is -0.139. The summed E-state index contributed by atoms with van der Waals surface area (Å²) in [6.45, 7) is 3.75. The van der Waals surface area contributed by atoms with Gasteiger partial charge in [0.25, 0.3) is 5.91 Å². The van der Waals surface area contributed by atoms with Crippen LogP contribution in [0, 0.1) is 6.92 Å². The second-order valence-electron chi connectivity index (χ2n) is 5.75. The fourth-order valence-corrected chi connectivity index (χ4v) is 2.33. The molecule has 1 atom stereocenters. The number of amides is 1. The molecular weight excluding hydrogens is 306 g/mol. The van der Waals surface area contributed by atoms with Crippen LogP contribution in [0.2, 0.25) is 0 Å². The Morgan fingerprint density at radius 2 is 1.83 bits per heavy atom. The van der Waals surface area contributed by atoms with Crippen molar-refractivity contribution >= 4 is 11.9 Å². The van der Waals surface area contributed by atoms with Crippen LogP contribution in [-0.4, -0.2) is 35.0 Å². The van der Waals surface area contributed by atoms with E-state index in [2.05, 4.69) is 0 Å². The van der Waals surface area contributed by atoms with E-state index in [-0.39, 0.29) is 17.2 Å². The molecule has 0 fully saturated rings. The van der Waals surface area contributed by atoms with Crippen molar-refractivity contribution in [1.29, 1.82) is 0 Å². The Morgan fingerprint density at radius 3 is 2.50 bits per heavy atom. The van der Waals surface area contributed by atoms with E-state index in [1.807, 2.05) is 30.3 Å². The Balaban J connectivity index is 2.00. The molecule has 0 saturated heterocycles. The zero-order valence-electron chi connectivity index (χ0n) is 14.0. The van der Waals surface area contributed by atoms with Crippen molar-refractivity contribution in [2.45, 2.75) is 26.5 Å². The maximum absolute atomic E-state index is 12.4. The third kappa shape index (κ3) is 4.35. The van der Waals surface area contributed by atoms with Crippen molar-refractivity contribution in [2.75, 3.05) is 7.05 Å². The molecule has 0 heterocycles. The van der Waals surface area contributed by atoms with Crippen LogP contribution in [0.1, 0.15) is 28.4 Å². The van der Waals surface area contributed by atoms with Crippen LogP contribution in [0.15, 0.2) is 48.5 Å². The van der Waals surface area contributed by atoms with Crippen LogP contribution in [0.4, 0.5) is 0 Å². The van der Waals surface area contributed by atoms with E-state index in [4.69, 9.17) is 4.74 Å². The van der Waals surface area contributed by atoms with Crippen LogP contribution in [0.3, 0.4) is 0 Å². The van der Waals surface area contributed by atoms with Crippen molar-refractivity contribution in [3.63, 3.8) is 0 Å². The van der Waals surface area contributed by atoms with Gasteiger partial charge in [-0.2, -0.15) is 0 Å². The molecule has 0 radical (unpaired) electrons. The minimum atomic E-state index is -0.939. The Bertz CT molecular complexity index is 727. The first kappa shape index (κ1) is 17.5. The third-order valence-corrected chi connectivity index (χ3v) is 3.64. The number of rotatable bonds is 5. The summed E-state index contributed by atoms with van der Waals surface area (Å²) in [4.78, 5) is 26.0. The fraction of sp³-hybridized carbons (Fsp3) is 0.263. The molecule has 5 nitrogen and oxygen atoms in total. The molecule has 1 amide bonds. The van der Waals surface area contributed by atoms with Gasteiger partial charge in [-0.3, -0.25) is 4.79 Å². The monoisotopic (exact) mass is 327 g/mol. The molecular formula is C19H21NO4. The zero-order chi connectivity index (χ0) is 17.7. The molecule has 0 spiro atoms. The molecule has 126 valence electrons. The van der Waals surface area contributed by atoms with Gasteiger partial charge >= 0.3 is 5.97 Å². The van der Waals surface area contributed by atoms with Crippen LogP contribution in [-0.2, 0) is 16.1 Å². The van der Waals surface area contributed by atoms with Crippen molar-refractivity contribution in [3.05, 3.63) is 65.2 Å². The fourth-order valence-electron chi connectivity index (χ4n) is 2.33. The average Bonchev–Trinajstić information content (AvgIpc) is 2.57. The number of aromatic hydroxyl groups is 1. The summed E-state index contributed by atoms with van der Waals surface area (Å²) in [5, 5.41) is 9.76. The maximum Gasteiger partial charge on any atom is 0.342 e. The highest BCUT2D eigenvalue weighted by atomic mass is 16.5. The van der Waals surface area contributed by atoms with E-state index >= 15 is 0 Å². The first-order chi connectivity index (χ1) is 11.4. The molecule has 2 rings (SSSR count). The largest absolute Gasteiger partial charge is 0.507 e. The third-order valence-electron chi connectivity index (χ3n) is 3.64. The molecule has 0 aliphatic carbocycles. The van der Waals surface area contributed by atoms with E-state index in [1.54, 1.807) is 20.0 Å². The number of benzene rings is 2. The quantitative estimate of drug-likeness (QED) is 0.858. The number of likely N-dealkylation sites (N-methyl/N-ethyl adjacent to an activating group) is 1. The highest BCUT2D eigenvalue weighted by Crippen LogP contribution is 2.20. The van der Waals surface area contributed by atoms with Gasteiger partial charge in [0.05, 0.1) is 0 Å². The number of phenolic OH excluding ortho intramolecular Hbond substituents is 1. The van der Waals surface area contributed by atoms with E-state index in [9.17, 15) is 14.7 Å². The Hall–Kier alpha value is -2.82.